The van der Waals surface area contributed by atoms with Crippen LogP contribution in [0.5, 0.6) is 0 Å². The van der Waals surface area contributed by atoms with Crippen molar-refractivity contribution in [3.8, 4) is 0 Å². The van der Waals surface area contributed by atoms with Crippen molar-refractivity contribution in [1.82, 2.24) is 4.90 Å². The molecule has 1 amide bonds. The molecule has 1 fully saturated rings. The highest BCUT2D eigenvalue weighted by molar-refractivity contribution is 5.81. The summed E-state index contributed by atoms with van der Waals surface area (Å²) in [5.41, 5.74) is 0. The molecule has 72 valence electrons. The maximum absolute atomic E-state index is 11.0. The monoisotopic (exact) mass is 185 g/mol. The second kappa shape index (κ2) is 3.93. The van der Waals surface area contributed by atoms with E-state index in [1.807, 2.05) is 0 Å². The van der Waals surface area contributed by atoms with Crippen molar-refractivity contribution in [3.05, 3.63) is 12.7 Å². The zero-order valence-corrected chi connectivity index (χ0v) is 7.36. The zero-order chi connectivity index (χ0) is 9.84. The standard InChI is InChI=1S/C8H11NO4/c1-3-7(10)13-6(2)9-4-5-12-8(9)11/h3,6H,1,4-5H2,2H3. The van der Waals surface area contributed by atoms with E-state index in [-0.39, 0.29) is 0 Å². The number of hydrogen-bond donors (Lipinski definition) is 0. The van der Waals surface area contributed by atoms with Gasteiger partial charge in [0.1, 0.15) is 6.61 Å². The topological polar surface area (TPSA) is 55.8 Å². The highest BCUT2D eigenvalue weighted by Crippen LogP contribution is 2.09. The molecule has 1 saturated heterocycles. The number of carbonyl (C=O) groups is 2. The molecule has 0 aliphatic carbocycles. The van der Waals surface area contributed by atoms with Crippen LogP contribution in [0.15, 0.2) is 12.7 Å². The smallest absolute Gasteiger partial charge is 0.412 e. The lowest BCUT2D eigenvalue weighted by Gasteiger charge is -2.20. The van der Waals surface area contributed by atoms with Crippen molar-refractivity contribution in [2.75, 3.05) is 13.2 Å². The molecule has 1 rings (SSSR count). The van der Waals surface area contributed by atoms with E-state index in [4.69, 9.17) is 4.74 Å². The first kappa shape index (κ1) is 9.57. The van der Waals surface area contributed by atoms with Gasteiger partial charge in [0.15, 0.2) is 6.23 Å². The summed E-state index contributed by atoms with van der Waals surface area (Å²) in [5, 5.41) is 0. The SMILES string of the molecule is C=CC(=O)OC(C)N1CCOC1=O. The molecule has 0 radical (unpaired) electrons. The van der Waals surface area contributed by atoms with Crippen LogP contribution in [0, 0.1) is 0 Å². The van der Waals surface area contributed by atoms with Gasteiger partial charge in [-0.05, 0) is 6.92 Å². The number of nitrogens with zero attached hydrogens (tertiary/aromatic N) is 1. The number of hydrogen-bond acceptors (Lipinski definition) is 4. The van der Waals surface area contributed by atoms with Crippen LogP contribution >= 0.6 is 0 Å². The fraction of sp³-hybridized carbons (Fsp3) is 0.500. The van der Waals surface area contributed by atoms with Gasteiger partial charge in [-0.2, -0.15) is 0 Å². The lowest BCUT2D eigenvalue weighted by molar-refractivity contribution is -0.148. The van der Waals surface area contributed by atoms with E-state index in [0.717, 1.165) is 6.08 Å². The maximum Gasteiger partial charge on any atom is 0.412 e. The van der Waals surface area contributed by atoms with Gasteiger partial charge in [0, 0.05) is 6.08 Å². The van der Waals surface area contributed by atoms with Gasteiger partial charge in [0.25, 0.3) is 0 Å². The van der Waals surface area contributed by atoms with E-state index in [1.165, 1.54) is 4.90 Å². The van der Waals surface area contributed by atoms with E-state index in [1.54, 1.807) is 6.92 Å². The summed E-state index contributed by atoms with van der Waals surface area (Å²) < 4.78 is 9.49. The van der Waals surface area contributed by atoms with Crippen LogP contribution in [0.4, 0.5) is 4.79 Å². The second-order valence-electron chi connectivity index (χ2n) is 2.55. The molecule has 0 aromatic carbocycles. The van der Waals surface area contributed by atoms with Crippen LogP contribution in [0.25, 0.3) is 0 Å². The van der Waals surface area contributed by atoms with E-state index in [2.05, 4.69) is 11.3 Å². The third-order valence-corrected chi connectivity index (χ3v) is 1.68. The highest BCUT2D eigenvalue weighted by atomic mass is 16.6. The minimum Gasteiger partial charge on any atom is -0.447 e. The van der Waals surface area contributed by atoms with Gasteiger partial charge < -0.3 is 9.47 Å². The van der Waals surface area contributed by atoms with Crippen LogP contribution in [-0.4, -0.2) is 36.3 Å². The summed E-state index contributed by atoms with van der Waals surface area (Å²) in [6.45, 7) is 5.65. The molecule has 0 N–H and O–H groups in total. The quantitative estimate of drug-likeness (QED) is 0.475. The fourth-order valence-electron chi connectivity index (χ4n) is 1.02. The predicted molar refractivity (Wildman–Crippen MR) is 43.8 cm³/mol. The maximum atomic E-state index is 11.0. The number of carbonyl (C=O) groups excluding carboxylic acids is 2. The molecule has 1 aliphatic rings. The van der Waals surface area contributed by atoms with Gasteiger partial charge in [0.2, 0.25) is 0 Å². The Morgan fingerprint density at radius 1 is 1.85 bits per heavy atom. The van der Waals surface area contributed by atoms with Gasteiger partial charge in [0.05, 0.1) is 6.54 Å². The molecule has 0 saturated carbocycles. The first-order chi connectivity index (χ1) is 6.15. The van der Waals surface area contributed by atoms with Crippen molar-refractivity contribution in [3.63, 3.8) is 0 Å². The molecular formula is C8H11NO4. The summed E-state index contributed by atoms with van der Waals surface area (Å²) in [5.74, 6) is -0.549. The number of ether oxygens (including phenoxy) is 2. The van der Waals surface area contributed by atoms with Gasteiger partial charge >= 0.3 is 12.1 Å². The summed E-state index contributed by atoms with van der Waals surface area (Å²) in [6.07, 6.45) is 0.00242. The molecule has 0 bridgehead atoms. The number of esters is 1. The number of amides is 1. The van der Waals surface area contributed by atoms with Crippen LogP contribution in [0.1, 0.15) is 6.92 Å². The third-order valence-electron chi connectivity index (χ3n) is 1.68. The van der Waals surface area contributed by atoms with Gasteiger partial charge in [-0.1, -0.05) is 6.58 Å². The van der Waals surface area contributed by atoms with Crippen molar-refractivity contribution >= 4 is 12.1 Å². The van der Waals surface area contributed by atoms with Crippen molar-refractivity contribution in [2.24, 2.45) is 0 Å². The normalized spacial score (nSPS) is 17.9. The van der Waals surface area contributed by atoms with E-state index < -0.39 is 18.3 Å². The highest BCUT2D eigenvalue weighted by Gasteiger charge is 2.28. The van der Waals surface area contributed by atoms with Crippen molar-refractivity contribution in [1.29, 1.82) is 0 Å². The molecule has 1 atom stereocenters. The Kier molecular flexibility index (Phi) is 2.89. The molecule has 1 heterocycles. The Balaban J connectivity index is 2.47. The lowest BCUT2D eigenvalue weighted by atomic mass is 10.5. The van der Waals surface area contributed by atoms with Crippen molar-refractivity contribution in [2.45, 2.75) is 13.2 Å². The molecule has 0 spiro atoms. The zero-order valence-electron chi connectivity index (χ0n) is 7.36. The molecule has 13 heavy (non-hydrogen) atoms. The molecule has 1 unspecified atom stereocenters. The summed E-state index contributed by atoms with van der Waals surface area (Å²) in [4.78, 5) is 23.1. The Bertz CT molecular complexity index is 238. The van der Waals surface area contributed by atoms with E-state index in [0.29, 0.717) is 13.2 Å². The van der Waals surface area contributed by atoms with Gasteiger partial charge in [-0.25, -0.2) is 9.59 Å². The number of cyclic esters (lactones) is 1. The van der Waals surface area contributed by atoms with Gasteiger partial charge in [-0.15, -0.1) is 0 Å². The van der Waals surface area contributed by atoms with Crippen LogP contribution < -0.4 is 0 Å². The minimum absolute atomic E-state index is 0.342. The molecule has 5 heteroatoms. The summed E-state index contributed by atoms with van der Waals surface area (Å²) in [6, 6.07) is 0. The molecular weight excluding hydrogens is 174 g/mol. The molecule has 0 aromatic rings. The molecule has 0 aromatic heterocycles. The predicted octanol–water partition coefficient (Wildman–Crippen LogP) is 0.514. The average molecular weight is 185 g/mol. The van der Waals surface area contributed by atoms with Crippen LogP contribution in [0.3, 0.4) is 0 Å². The first-order valence-electron chi connectivity index (χ1n) is 3.91. The van der Waals surface area contributed by atoms with E-state index >= 15 is 0 Å². The summed E-state index contributed by atoms with van der Waals surface area (Å²) in [7, 11) is 0. The Morgan fingerprint density at radius 3 is 3.00 bits per heavy atom. The van der Waals surface area contributed by atoms with Crippen LogP contribution in [-0.2, 0) is 14.3 Å². The minimum atomic E-state index is -0.597. The molecule has 1 aliphatic heterocycles. The Hall–Kier alpha value is -1.52. The second-order valence-corrected chi connectivity index (χ2v) is 2.55. The summed E-state index contributed by atoms with van der Waals surface area (Å²) >= 11 is 0. The van der Waals surface area contributed by atoms with E-state index in [9.17, 15) is 9.59 Å². The fourth-order valence-corrected chi connectivity index (χ4v) is 1.02. The van der Waals surface area contributed by atoms with Crippen LogP contribution in [0.2, 0.25) is 0 Å². The Labute approximate surface area is 75.9 Å². The van der Waals surface area contributed by atoms with Crippen molar-refractivity contribution < 1.29 is 19.1 Å². The first-order valence-corrected chi connectivity index (χ1v) is 3.91. The Morgan fingerprint density at radius 2 is 2.54 bits per heavy atom. The largest absolute Gasteiger partial charge is 0.447 e. The lowest BCUT2D eigenvalue weighted by Crippen LogP contribution is -2.36. The number of rotatable bonds is 3. The van der Waals surface area contributed by atoms with Gasteiger partial charge in [-0.3, -0.25) is 4.90 Å². The average Bonchev–Trinajstić information content (AvgIpc) is 2.51. The third kappa shape index (κ3) is 2.21. The molecule has 5 nitrogen and oxygen atoms in total.